The minimum Gasteiger partial charge on any atom is -0.502 e. The maximum Gasteiger partial charge on any atom is 0.373 e. The van der Waals surface area contributed by atoms with E-state index in [1.807, 2.05) is 13.8 Å². The van der Waals surface area contributed by atoms with Gasteiger partial charge in [-0.3, -0.25) is 0 Å². The van der Waals surface area contributed by atoms with Crippen LogP contribution in [0.4, 0.5) is 0 Å². The number of unbranched alkanes of at least 4 members (excludes halogenated alkanes) is 2. The Morgan fingerprint density at radius 3 is 2.12 bits per heavy atom. The predicted octanol–water partition coefficient (Wildman–Crippen LogP) is 2.11. The Labute approximate surface area is 101 Å². The van der Waals surface area contributed by atoms with Crippen LogP contribution in [0.15, 0.2) is 11.8 Å². The average Bonchev–Trinajstić information content (AvgIpc) is 2.29. The Bertz CT molecular complexity index is 270. The largest absolute Gasteiger partial charge is 0.502 e. The van der Waals surface area contributed by atoms with E-state index >= 15 is 0 Å². The molecule has 0 amide bonds. The summed E-state index contributed by atoms with van der Waals surface area (Å²) in [6.07, 6.45) is 4.00. The number of rotatable bonds is 8. The smallest absolute Gasteiger partial charge is 0.373 e. The fourth-order valence-electron chi connectivity index (χ4n) is 0.912. The summed E-state index contributed by atoms with van der Waals surface area (Å²) in [6.45, 7) is 4.43. The Morgan fingerprint density at radius 1 is 1.06 bits per heavy atom. The molecule has 98 valence electrons. The maximum absolute atomic E-state index is 11.1. The molecule has 0 aliphatic carbocycles. The Balaban J connectivity index is 3.96. The molecule has 0 heterocycles. The van der Waals surface area contributed by atoms with Crippen molar-refractivity contribution in [1.29, 1.82) is 0 Å². The van der Waals surface area contributed by atoms with Crippen LogP contribution < -0.4 is 0 Å². The molecule has 0 aromatic rings. The van der Waals surface area contributed by atoms with Crippen LogP contribution in [0.3, 0.4) is 0 Å². The summed E-state index contributed by atoms with van der Waals surface area (Å²) < 4.78 is 9.45. The monoisotopic (exact) mass is 244 g/mol. The van der Waals surface area contributed by atoms with Gasteiger partial charge < -0.3 is 14.6 Å². The van der Waals surface area contributed by atoms with Crippen molar-refractivity contribution in [2.24, 2.45) is 0 Å². The molecule has 17 heavy (non-hydrogen) atoms. The van der Waals surface area contributed by atoms with Crippen LogP contribution in [0, 0.1) is 0 Å². The maximum atomic E-state index is 11.1. The van der Waals surface area contributed by atoms with Gasteiger partial charge in [0.1, 0.15) is 0 Å². The second-order valence-corrected chi connectivity index (χ2v) is 3.54. The highest BCUT2D eigenvalue weighted by Crippen LogP contribution is 1.98. The molecule has 1 N–H and O–H groups in total. The van der Waals surface area contributed by atoms with Gasteiger partial charge in [0.15, 0.2) is 0 Å². The normalized spacial score (nSPS) is 11.1. The number of hydrogen-bond donors (Lipinski definition) is 1. The number of hydrogen-bond acceptors (Lipinski definition) is 5. The van der Waals surface area contributed by atoms with Crippen molar-refractivity contribution in [3.8, 4) is 0 Å². The van der Waals surface area contributed by atoms with Gasteiger partial charge in [0.2, 0.25) is 5.76 Å². The van der Waals surface area contributed by atoms with Crippen molar-refractivity contribution in [1.82, 2.24) is 0 Å². The summed E-state index contributed by atoms with van der Waals surface area (Å²) in [5.74, 6) is -2.35. The molecular weight excluding hydrogens is 224 g/mol. The highest BCUT2D eigenvalue weighted by atomic mass is 16.5. The molecule has 5 heteroatoms. The number of aliphatic hydroxyl groups is 1. The molecular formula is C12H20O5. The topological polar surface area (TPSA) is 72.8 Å². The standard InChI is InChI=1S/C12H20O5/c1-3-5-7-16-11(14)9-10(13)12(15)17-8-6-4-2/h9,13H,3-8H2,1-2H3/b10-9+. The third-order valence-corrected chi connectivity index (χ3v) is 1.94. The lowest BCUT2D eigenvalue weighted by atomic mass is 10.3. The molecule has 0 aliphatic rings. The first-order valence-corrected chi connectivity index (χ1v) is 5.86. The molecule has 0 atom stereocenters. The quantitative estimate of drug-likeness (QED) is 0.306. The van der Waals surface area contributed by atoms with E-state index in [-0.39, 0.29) is 13.2 Å². The Morgan fingerprint density at radius 2 is 1.59 bits per heavy atom. The zero-order valence-corrected chi connectivity index (χ0v) is 10.4. The van der Waals surface area contributed by atoms with E-state index in [9.17, 15) is 14.7 Å². The second-order valence-electron chi connectivity index (χ2n) is 3.54. The second kappa shape index (κ2) is 9.69. The molecule has 0 bridgehead atoms. The fraction of sp³-hybridized carbons (Fsp3) is 0.667. The van der Waals surface area contributed by atoms with Gasteiger partial charge in [-0.2, -0.15) is 0 Å². The fourth-order valence-corrected chi connectivity index (χ4v) is 0.912. The van der Waals surface area contributed by atoms with Gasteiger partial charge in [0.05, 0.1) is 19.3 Å². The van der Waals surface area contributed by atoms with Crippen LogP contribution in [-0.2, 0) is 19.1 Å². The molecule has 0 saturated heterocycles. The first-order chi connectivity index (χ1) is 8.11. The molecule has 0 aromatic heterocycles. The zero-order valence-electron chi connectivity index (χ0n) is 10.4. The van der Waals surface area contributed by atoms with Gasteiger partial charge in [-0.25, -0.2) is 9.59 Å². The summed E-state index contributed by atoms with van der Waals surface area (Å²) >= 11 is 0. The molecule has 0 radical (unpaired) electrons. The van der Waals surface area contributed by atoms with Crippen LogP contribution in [0.1, 0.15) is 39.5 Å². The lowest BCUT2D eigenvalue weighted by Gasteiger charge is -2.03. The zero-order chi connectivity index (χ0) is 13.1. The summed E-state index contributed by atoms with van der Waals surface area (Å²) in [6, 6.07) is 0. The Kier molecular flexibility index (Phi) is 8.82. The van der Waals surface area contributed by atoms with Crippen molar-refractivity contribution in [2.45, 2.75) is 39.5 Å². The van der Waals surface area contributed by atoms with Crippen molar-refractivity contribution in [3.63, 3.8) is 0 Å². The molecule has 5 nitrogen and oxygen atoms in total. The average molecular weight is 244 g/mol. The van der Waals surface area contributed by atoms with Crippen molar-refractivity contribution in [2.75, 3.05) is 13.2 Å². The summed E-state index contributed by atoms with van der Waals surface area (Å²) in [5.41, 5.74) is 0. The van der Waals surface area contributed by atoms with E-state index in [4.69, 9.17) is 9.47 Å². The van der Waals surface area contributed by atoms with Gasteiger partial charge in [-0.05, 0) is 12.8 Å². The number of carbonyl (C=O) groups excluding carboxylic acids is 2. The predicted molar refractivity (Wildman–Crippen MR) is 62.4 cm³/mol. The SMILES string of the molecule is CCCCOC(=O)/C=C(/O)C(=O)OCCCC. The molecule has 0 rings (SSSR count). The first kappa shape index (κ1) is 15.5. The van der Waals surface area contributed by atoms with E-state index in [0.29, 0.717) is 0 Å². The van der Waals surface area contributed by atoms with Crippen LogP contribution in [0.2, 0.25) is 0 Å². The molecule has 0 spiro atoms. The third kappa shape index (κ3) is 8.30. The minimum atomic E-state index is -0.897. The number of ether oxygens (including phenoxy) is 2. The van der Waals surface area contributed by atoms with Crippen molar-refractivity contribution < 1.29 is 24.2 Å². The minimum absolute atomic E-state index is 0.234. The molecule has 0 aliphatic heterocycles. The van der Waals surface area contributed by atoms with Gasteiger partial charge in [0, 0.05) is 0 Å². The van der Waals surface area contributed by atoms with Crippen LogP contribution in [0.5, 0.6) is 0 Å². The lowest BCUT2D eigenvalue weighted by Crippen LogP contribution is -2.11. The summed E-state index contributed by atoms with van der Waals surface area (Å²) in [4.78, 5) is 22.2. The highest BCUT2D eigenvalue weighted by molar-refractivity contribution is 5.94. The van der Waals surface area contributed by atoms with E-state index in [1.54, 1.807) is 0 Å². The molecule has 0 fully saturated rings. The van der Waals surface area contributed by atoms with Crippen molar-refractivity contribution >= 4 is 11.9 Å². The number of aliphatic hydroxyl groups excluding tert-OH is 1. The lowest BCUT2D eigenvalue weighted by molar-refractivity contribution is -0.144. The van der Waals surface area contributed by atoms with Crippen molar-refractivity contribution in [3.05, 3.63) is 11.8 Å². The van der Waals surface area contributed by atoms with Gasteiger partial charge in [-0.1, -0.05) is 26.7 Å². The molecule has 0 aromatic carbocycles. The van der Waals surface area contributed by atoms with Gasteiger partial charge in [0.25, 0.3) is 0 Å². The van der Waals surface area contributed by atoms with E-state index < -0.39 is 17.7 Å². The molecule has 0 saturated carbocycles. The summed E-state index contributed by atoms with van der Waals surface area (Å²) in [7, 11) is 0. The van der Waals surface area contributed by atoms with Crippen LogP contribution in [-0.4, -0.2) is 30.3 Å². The van der Waals surface area contributed by atoms with Crippen LogP contribution in [0.25, 0.3) is 0 Å². The number of carbonyl (C=O) groups is 2. The summed E-state index contributed by atoms with van der Waals surface area (Å²) in [5, 5.41) is 9.23. The first-order valence-electron chi connectivity index (χ1n) is 5.86. The number of esters is 2. The van der Waals surface area contributed by atoms with Crippen LogP contribution >= 0.6 is 0 Å². The highest BCUT2D eigenvalue weighted by Gasteiger charge is 2.11. The van der Waals surface area contributed by atoms with Gasteiger partial charge >= 0.3 is 11.9 Å². The van der Waals surface area contributed by atoms with E-state index in [0.717, 1.165) is 31.8 Å². The Hall–Kier alpha value is -1.52. The van der Waals surface area contributed by atoms with E-state index in [2.05, 4.69) is 0 Å². The molecule has 0 unspecified atom stereocenters. The van der Waals surface area contributed by atoms with E-state index in [1.165, 1.54) is 0 Å². The third-order valence-electron chi connectivity index (χ3n) is 1.94. The van der Waals surface area contributed by atoms with Gasteiger partial charge in [-0.15, -0.1) is 0 Å².